The zero-order valence-electron chi connectivity index (χ0n) is 18.6. The molecule has 0 bridgehead atoms. The van der Waals surface area contributed by atoms with Crippen molar-refractivity contribution < 1.29 is 19.5 Å². The van der Waals surface area contributed by atoms with E-state index in [1.807, 2.05) is 31.2 Å². The number of phenols is 1. The van der Waals surface area contributed by atoms with Crippen LogP contribution in [0.1, 0.15) is 11.3 Å². The maximum atomic E-state index is 10.8. The average molecular weight is 458 g/mol. The Morgan fingerprint density at radius 1 is 1.00 bits per heavy atom. The van der Waals surface area contributed by atoms with E-state index < -0.39 is 4.92 Å². The summed E-state index contributed by atoms with van der Waals surface area (Å²) in [5.41, 5.74) is 9.93. The lowest BCUT2D eigenvalue weighted by atomic mass is 9.97. The highest BCUT2D eigenvalue weighted by Crippen LogP contribution is 2.39. The number of hydrogen-bond acceptors (Lipinski definition) is 8. The molecule has 0 aliphatic carbocycles. The number of non-ortho nitro benzene ring substituents is 1. The fourth-order valence-corrected chi connectivity index (χ4v) is 3.57. The zero-order chi connectivity index (χ0) is 24.2. The Morgan fingerprint density at radius 3 is 2.29 bits per heavy atom. The van der Waals surface area contributed by atoms with Gasteiger partial charge in [0.1, 0.15) is 23.9 Å². The predicted molar refractivity (Wildman–Crippen MR) is 128 cm³/mol. The van der Waals surface area contributed by atoms with Crippen LogP contribution in [0.15, 0.2) is 66.7 Å². The van der Waals surface area contributed by atoms with Crippen molar-refractivity contribution in [3.8, 4) is 39.6 Å². The number of benzene rings is 3. The number of phenolic OH excluding ortho intramolecular Hbond substituents is 1. The van der Waals surface area contributed by atoms with Crippen LogP contribution in [0.2, 0.25) is 0 Å². The minimum atomic E-state index is -0.455. The molecule has 172 valence electrons. The van der Waals surface area contributed by atoms with Gasteiger partial charge in [0.05, 0.1) is 23.4 Å². The van der Waals surface area contributed by atoms with Crippen molar-refractivity contribution in [2.24, 2.45) is 0 Å². The van der Waals surface area contributed by atoms with Crippen molar-refractivity contribution in [1.29, 1.82) is 0 Å². The predicted octanol–water partition coefficient (Wildman–Crippen LogP) is 4.90. The Balaban J connectivity index is 1.63. The van der Waals surface area contributed by atoms with Crippen LogP contribution in [-0.2, 0) is 6.61 Å². The Morgan fingerprint density at radius 2 is 1.68 bits per heavy atom. The highest BCUT2D eigenvalue weighted by molar-refractivity contribution is 5.85. The third-order valence-corrected chi connectivity index (χ3v) is 5.26. The molecule has 0 fully saturated rings. The van der Waals surface area contributed by atoms with Gasteiger partial charge in [0.15, 0.2) is 0 Å². The number of hydrogen-bond donors (Lipinski definition) is 2. The molecular weight excluding hydrogens is 436 g/mol. The number of nitro groups is 1. The molecule has 0 amide bonds. The van der Waals surface area contributed by atoms with Gasteiger partial charge in [0, 0.05) is 29.3 Å². The first-order valence-corrected chi connectivity index (χ1v) is 10.3. The van der Waals surface area contributed by atoms with Crippen molar-refractivity contribution in [1.82, 2.24) is 9.97 Å². The summed E-state index contributed by atoms with van der Waals surface area (Å²) in [6, 6.07) is 18.5. The van der Waals surface area contributed by atoms with E-state index in [0.717, 1.165) is 22.4 Å². The first-order valence-electron chi connectivity index (χ1n) is 10.3. The molecule has 0 aliphatic heterocycles. The van der Waals surface area contributed by atoms with Gasteiger partial charge in [-0.2, -0.15) is 0 Å². The van der Waals surface area contributed by atoms with E-state index in [0.29, 0.717) is 22.7 Å². The fourth-order valence-electron chi connectivity index (χ4n) is 3.57. The maximum absolute atomic E-state index is 10.8. The molecule has 3 aromatic carbocycles. The summed E-state index contributed by atoms with van der Waals surface area (Å²) in [7, 11) is 1.60. The average Bonchev–Trinajstić information content (AvgIpc) is 2.83. The van der Waals surface area contributed by atoms with Crippen molar-refractivity contribution in [3.05, 3.63) is 88.1 Å². The quantitative estimate of drug-likeness (QED) is 0.295. The van der Waals surface area contributed by atoms with Crippen molar-refractivity contribution >= 4 is 11.6 Å². The van der Waals surface area contributed by atoms with E-state index in [2.05, 4.69) is 9.97 Å². The summed E-state index contributed by atoms with van der Waals surface area (Å²) in [6.45, 7) is 2.02. The number of aromatic hydroxyl groups is 1. The molecule has 0 radical (unpaired) electrons. The van der Waals surface area contributed by atoms with Gasteiger partial charge in [0.2, 0.25) is 5.95 Å². The normalized spacial score (nSPS) is 10.6. The minimum absolute atomic E-state index is 0.0119. The lowest BCUT2D eigenvalue weighted by molar-refractivity contribution is -0.384. The number of nitrogens with two attached hydrogens (primary N) is 1. The Hall–Kier alpha value is -4.66. The van der Waals surface area contributed by atoms with E-state index in [9.17, 15) is 15.2 Å². The number of ether oxygens (including phenoxy) is 2. The topological polar surface area (TPSA) is 134 Å². The summed E-state index contributed by atoms with van der Waals surface area (Å²) >= 11 is 0. The highest BCUT2D eigenvalue weighted by Gasteiger charge is 2.18. The molecule has 3 N–H and O–H groups in total. The third-order valence-electron chi connectivity index (χ3n) is 5.26. The molecule has 0 aliphatic rings. The molecule has 0 atom stereocenters. The Labute approximate surface area is 195 Å². The van der Waals surface area contributed by atoms with Gasteiger partial charge in [-0.05, 0) is 54.4 Å². The largest absolute Gasteiger partial charge is 0.507 e. The van der Waals surface area contributed by atoms with Gasteiger partial charge in [-0.3, -0.25) is 10.1 Å². The number of methoxy groups -OCH3 is 1. The molecule has 0 spiro atoms. The number of rotatable bonds is 7. The summed E-state index contributed by atoms with van der Waals surface area (Å²) in [5, 5.41) is 21.6. The molecule has 9 heteroatoms. The third kappa shape index (κ3) is 4.73. The van der Waals surface area contributed by atoms with E-state index in [-0.39, 0.29) is 24.0 Å². The molecule has 9 nitrogen and oxygen atoms in total. The number of nitro benzene ring substituents is 1. The molecule has 4 rings (SSSR count). The summed E-state index contributed by atoms with van der Waals surface area (Å²) in [4.78, 5) is 19.0. The van der Waals surface area contributed by atoms with Crippen LogP contribution in [0.25, 0.3) is 22.4 Å². The van der Waals surface area contributed by atoms with Crippen LogP contribution >= 0.6 is 0 Å². The first kappa shape index (κ1) is 22.5. The number of anilines is 1. The summed E-state index contributed by atoms with van der Waals surface area (Å²) in [6.07, 6.45) is 0. The number of nitrogens with zero attached hydrogens (tertiary/aromatic N) is 3. The molecule has 0 saturated heterocycles. The zero-order valence-corrected chi connectivity index (χ0v) is 18.6. The number of nitrogen functional groups attached to an aromatic ring is 1. The van der Waals surface area contributed by atoms with E-state index in [4.69, 9.17) is 15.2 Å². The molecular formula is C25H22N4O5. The molecule has 1 heterocycles. The highest BCUT2D eigenvalue weighted by atomic mass is 16.6. The van der Waals surface area contributed by atoms with E-state index >= 15 is 0 Å². The van der Waals surface area contributed by atoms with Crippen LogP contribution in [-0.4, -0.2) is 27.1 Å². The standard InChI is InChI=1S/C25H22N4O5/c1-15-23(17-5-9-19(33-2)10-6-17)24(28-25(26)27-15)21-12-11-20(13-22(21)30)34-14-16-3-7-18(8-4-16)29(31)32/h3-13,30H,14H2,1-2H3,(H2,26,27,28). The van der Waals surface area contributed by atoms with Gasteiger partial charge < -0.3 is 20.3 Å². The van der Waals surface area contributed by atoms with Crippen LogP contribution in [0.4, 0.5) is 11.6 Å². The van der Waals surface area contributed by atoms with Crippen LogP contribution < -0.4 is 15.2 Å². The molecule has 0 unspecified atom stereocenters. The number of aromatic nitrogens is 2. The number of aryl methyl sites for hydroxylation is 1. The van der Waals surface area contributed by atoms with Gasteiger partial charge in [-0.15, -0.1) is 0 Å². The minimum Gasteiger partial charge on any atom is -0.507 e. The van der Waals surface area contributed by atoms with E-state index in [1.54, 1.807) is 31.4 Å². The Kier molecular flexibility index (Phi) is 6.26. The molecule has 34 heavy (non-hydrogen) atoms. The second-order valence-corrected chi connectivity index (χ2v) is 7.51. The second kappa shape index (κ2) is 9.45. The van der Waals surface area contributed by atoms with Crippen LogP contribution in [0.3, 0.4) is 0 Å². The molecule has 0 saturated carbocycles. The lowest BCUT2D eigenvalue weighted by Gasteiger charge is -2.15. The maximum Gasteiger partial charge on any atom is 0.269 e. The Bertz CT molecular complexity index is 1340. The monoisotopic (exact) mass is 458 g/mol. The van der Waals surface area contributed by atoms with Gasteiger partial charge in [-0.1, -0.05) is 12.1 Å². The fraction of sp³-hybridized carbons (Fsp3) is 0.120. The summed E-state index contributed by atoms with van der Waals surface area (Å²) < 4.78 is 11.0. The van der Waals surface area contributed by atoms with Gasteiger partial charge >= 0.3 is 0 Å². The smallest absolute Gasteiger partial charge is 0.269 e. The molecule has 1 aromatic heterocycles. The first-order chi connectivity index (χ1) is 16.4. The van der Waals surface area contributed by atoms with Crippen molar-refractivity contribution in [3.63, 3.8) is 0 Å². The van der Waals surface area contributed by atoms with Crippen molar-refractivity contribution in [2.45, 2.75) is 13.5 Å². The summed E-state index contributed by atoms with van der Waals surface area (Å²) in [5.74, 6) is 1.22. The SMILES string of the molecule is COc1ccc(-c2c(C)nc(N)nc2-c2ccc(OCc3ccc([N+](=O)[O-])cc3)cc2O)cc1. The molecule has 4 aromatic rings. The van der Waals surface area contributed by atoms with Crippen LogP contribution in [0.5, 0.6) is 17.2 Å². The van der Waals surface area contributed by atoms with Crippen molar-refractivity contribution in [2.75, 3.05) is 12.8 Å². The second-order valence-electron chi connectivity index (χ2n) is 7.51. The van der Waals surface area contributed by atoms with Gasteiger partial charge in [-0.25, -0.2) is 9.97 Å². The lowest BCUT2D eigenvalue weighted by Crippen LogP contribution is -2.03. The van der Waals surface area contributed by atoms with E-state index in [1.165, 1.54) is 18.2 Å². The van der Waals surface area contributed by atoms with Gasteiger partial charge in [0.25, 0.3) is 5.69 Å². The van der Waals surface area contributed by atoms with Crippen LogP contribution in [0, 0.1) is 17.0 Å².